The van der Waals surface area contributed by atoms with Crippen LogP contribution in [0.25, 0.3) is 0 Å². The van der Waals surface area contributed by atoms with Crippen LogP contribution in [0.5, 0.6) is 0 Å². The molecule has 112 valence electrons. The van der Waals surface area contributed by atoms with Crippen LogP contribution in [0.1, 0.15) is 12.7 Å². The normalized spacial score (nSPS) is 11.3. The average Bonchev–Trinajstić information content (AvgIpc) is 2.88. The Balaban J connectivity index is 2.17. The van der Waals surface area contributed by atoms with Crippen LogP contribution in [0.3, 0.4) is 0 Å². The van der Waals surface area contributed by atoms with Crippen molar-refractivity contribution < 1.29 is 17.6 Å². The van der Waals surface area contributed by atoms with Crippen molar-refractivity contribution in [2.45, 2.75) is 18.4 Å². The Kier molecular flexibility index (Phi) is 4.23. The van der Waals surface area contributed by atoms with Crippen LogP contribution in [-0.4, -0.2) is 34.9 Å². The fraction of sp³-hybridized carbons (Fsp3) is 0.200. The molecule has 1 heterocycles. The second-order valence-corrected chi connectivity index (χ2v) is 5.71. The lowest BCUT2D eigenvalue weighted by molar-refractivity contribution is -0.114. The lowest BCUT2D eigenvalue weighted by atomic mass is 10.3. The molecule has 2 aromatic rings. The molecule has 3 N–H and O–H groups in total. The fourth-order valence-corrected chi connectivity index (χ4v) is 2.53. The zero-order valence-corrected chi connectivity index (χ0v) is 11.6. The first-order valence-electron chi connectivity index (χ1n) is 5.67. The minimum atomic E-state index is -4.07. The molecule has 9 nitrogen and oxygen atoms in total. The number of anilines is 1. The predicted octanol–water partition coefficient (Wildman–Crippen LogP) is -0.224. The quantitative estimate of drug-likeness (QED) is 0.699. The number of H-pyrrole nitrogens is 1. The lowest BCUT2D eigenvalue weighted by Crippen LogP contribution is -2.25. The van der Waals surface area contributed by atoms with Crippen LogP contribution >= 0.6 is 0 Å². The van der Waals surface area contributed by atoms with Crippen molar-refractivity contribution in [2.75, 3.05) is 5.32 Å². The maximum absolute atomic E-state index is 13.8. The van der Waals surface area contributed by atoms with Gasteiger partial charge in [-0.15, -0.1) is 10.2 Å². The maximum Gasteiger partial charge on any atom is 0.243 e. The van der Waals surface area contributed by atoms with E-state index in [1.165, 1.54) is 13.0 Å². The molecule has 1 aromatic carbocycles. The van der Waals surface area contributed by atoms with Crippen LogP contribution in [0, 0.1) is 5.82 Å². The lowest BCUT2D eigenvalue weighted by Gasteiger charge is -2.08. The second kappa shape index (κ2) is 5.93. The van der Waals surface area contributed by atoms with E-state index in [4.69, 9.17) is 0 Å². The summed E-state index contributed by atoms with van der Waals surface area (Å²) in [4.78, 5) is 10.3. The molecule has 0 aliphatic carbocycles. The number of hydrogen-bond acceptors (Lipinski definition) is 6. The minimum Gasteiger partial charge on any atom is -0.326 e. The average molecular weight is 314 g/mol. The highest BCUT2D eigenvalue weighted by Crippen LogP contribution is 2.19. The number of sulfonamides is 1. The summed E-state index contributed by atoms with van der Waals surface area (Å²) in [6, 6.07) is 3.26. The number of halogens is 1. The van der Waals surface area contributed by atoms with Gasteiger partial charge >= 0.3 is 0 Å². The summed E-state index contributed by atoms with van der Waals surface area (Å²) in [6.07, 6.45) is 0. The fourth-order valence-electron chi connectivity index (χ4n) is 1.49. The standard InChI is InChI=1S/C10H11FN6O3S/c1-6(18)13-7-2-3-9(8(11)4-7)21(19,20)12-5-10-14-16-17-15-10/h2-4,12H,5H2,1H3,(H,13,18)(H,14,15,16,17). The van der Waals surface area contributed by atoms with Crippen LogP contribution < -0.4 is 10.0 Å². The van der Waals surface area contributed by atoms with Gasteiger partial charge in [-0.05, 0) is 18.2 Å². The third-order valence-corrected chi connectivity index (χ3v) is 3.79. The Labute approximate surface area is 119 Å². The molecule has 0 aliphatic heterocycles. The summed E-state index contributed by atoms with van der Waals surface area (Å²) >= 11 is 0. The van der Waals surface area contributed by atoms with Gasteiger partial charge in [-0.2, -0.15) is 5.21 Å². The predicted molar refractivity (Wildman–Crippen MR) is 68.9 cm³/mol. The van der Waals surface area contributed by atoms with E-state index in [1.807, 2.05) is 0 Å². The SMILES string of the molecule is CC(=O)Nc1ccc(S(=O)(=O)NCc2nn[nH]n2)c(F)c1. The van der Waals surface area contributed by atoms with Gasteiger partial charge in [0.1, 0.15) is 10.7 Å². The maximum atomic E-state index is 13.8. The molecule has 1 amide bonds. The molecule has 21 heavy (non-hydrogen) atoms. The van der Waals surface area contributed by atoms with Gasteiger partial charge in [-0.3, -0.25) is 4.79 Å². The van der Waals surface area contributed by atoms with Gasteiger partial charge in [0.2, 0.25) is 15.9 Å². The third-order valence-electron chi connectivity index (χ3n) is 2.35. The Hall–Kier alpha value is -2.40. The van der Waals surface area contributed by atoms with Gasteiger partial charge in [-0.1, -0.05) is 5.21 Å². The van der Waals surface area contributed by atoms with E-state index >= 15 is 0 Å². The Morgan fingerprint density at radius 3 is 2.76 bits per heavy atom. The van der Waals surface area contributed by atoms with Crippen molar-refractivity contribution in [2.24, 2.45) is 0 Å². The number of hydrogen-bond donors (Lipinski definition) is 3. The number of nitrogens with zero attached hydrogens (tertiary/aromatic N) is 3. The molecule has 0 saturated heterocycles. The number of amides is 1. The first kappa shape index (κ1) is 15.0. The molecule has 2 rings (SSSR count). The highest BCUT2D eigenvalue weighted by atomic mass is 32.2. The van der Waals surface area contributed by atoms with Crippen molar-refractivity contribution in [3.05, 3.63) is 29.8 Å². The number of carbonyl (C=O) groups is 1. The van der Waals surface area contributed by atoms with Gasteiger partial charge in [0.25, 0.3) is 0 Å². The number of tetrazole rings is 1. The monoisotopic (exact) mass is 314 g/mol. The summed E-state index contributed by atoms with van der Waals surface area (Å²) in [6.45, 7) is 1.03. The summed E-state index contributed by atoms with van der Waals surface area (Å²) in [5, 5.41) is 14.9. The topological polar surface area (TPSA) is 130 Å². The molecule has 0 fully saturated rings. The zero-order chi connectivity index (χ0) is 15.5. The van der Waals surface area contributed by atoms with Crippen LogP contribution in [-0.2, 0) is 21.4 Å². The molecule has 0 radical (unpaired) electrons. The van der Waals surface area contributed by atoms with Gasteiger partial charge in [0.15, 0.2) is 5.82 Å². The number of carbonyl (C=O) groups excluding carboxylic acids is 1. The Morgan fingerprint density at radius 1 is 1.43 bits per heavy atom. The van der Waals surface area contributed by atoms with E-state index in [0.29, 0.717) is 0 Å². The van der Waals surface area contributed by atoms with Gasteiger partial charge in [0.05, 0.1) is 6.54 Å². The minimum absolute atomic E-state index is 0.119. The largest absolute Gasteiger partial charge is 0.326 e. The first-order valence-corrected chi connectivity index (χ1v) is 7.16. The van der Waals surface area contributed by atoms with Crippen LogP contribution in [0.15, 0.2) is 23.1 Å². The van der Waals surface area contributed by atoms with Crippen molar-refractivity contribution in [1.29, 1.82) is 0 Å². The first-order chi connectivity index (χ1) is 9.88. The van der Waals surface area contributed by atoms with Crippen LogP contribution in [0.2, 0.25) is 0 Å². The molecule has 0 spiro atoms. The molecule has 0 bridgehead atoms. The molecule has 0 saturated carbocycles. The molecular weight excluding hydrogens is 303 g/mol. The number of aromatic amines is 1. The van der Waals surface area contributed by atoms with E-state index in [-0.39, 0.29) is 24.0 Å². The van der Waals surface area contributed by atoms with Crippen molar-refractivity contribution in [3.63, 3.8) is 0 Å². The second-order valence-electron chi connectivity index (χ2n) is 3.98. The van der Waals surface area contributed by atoms with Crippen LogP contribution in [0.4, 0.5) is 10.1 Å². The summed E-state index contributed by atoms with van der Waals surface area (Å²) in [5.74, 6) is -1.25. The highest BCUT2D eigenvalue weighted by Gasteiger charge is 2.20. The smallest absolute Gasteiger partial charge is 0.243 e. The molecular formula is C10H11FN6O3S. The molecule has 11 heteroatoms. The number of benzene rings is 1. The Morgan fingerprint density at radius 2 is 2.19 bits per heavy atom. The summed E-state index contributed by atoms with van der Waals surface area (Å²) in [7, 11) is -4.07. The van der Waals surface area contributed by atoms with E-state index < -0.39 is 20.7 Å². The molecule has 0 atom stereocenters. The van der Waals surface area contributed by atoms with Gasteiger partial charge in [-0.25, -0.2) is 17.5 Å². The van der Waals surface area contributed by atoms with Gasteiger partial charge in [0, 0.05) is 12.6 Å². The zero-order valence-electron chi connectivity index (χ0n) is 10.8. The molecule has 1 aromatic heterocycles. The van der Waals surface area contributed by atoms with Crippen molar-refractivity contribution >= 4 is 21.6 Å². The van der Waals surface area contributed by atoms with E-state index in [9.17, 15) is 17.6 Å². The van der Waals surface area contributed by atoms with E-state index in [2.05, 4.69) is 30.7 Å². The number of nitrogens with one attached hydrogen (secondary N) is 3. The third kappa shape index (κ3) is 3.79. The number of rotatable bonds is 5. The summed E-state index contributed by atoms with van der Waals surface area (Å²) in [5.41, 5.74) is 0.164. The van der Waals surface area contributed by atoms with E-state index in [0.717, 1.165) is 12.1 Å². The van der Waals surface area contributed by atoms with Crippen molar-refractivity contribution in [3.8, 4) is 0 Å². The molecule has 0 aliphatic rings. The van der Waals surface area contributed by atoms with Gasteiger partial charge < -0.3 is 5.32 Å². The van der Waals surface area contributed by atoms with Crippen molar-refractivity contribution in [1.82, 2.24) is 25.3 Å². The number of aromatic nitrogens is 4. The van der Waals surface area contributed by atoms with E-state index in [1.54, 1.807) is 0 Å². The summed E-state index contributed by atoms with van der Waals surface area (Å²) < 4.78 is 39.9. The molecule has 0 unspecified atom stereocenters. The highest BCUT2D eigenvalue weighted by molar-refractivity contribution is 7.89. The Bertz CT molecular complexity index is 746.